The summed E-state index contributed by atoms with van der Waals surface area (Å²) >= 11 is 0. The Kier molecular flexibility index (Phi) is 4.09. The second kappa shape index (κ2) is 6.68. The molecule has 3 aromatic heterocycles. The predicted molar refractivity (Wildman–Crippen MR) is 104 cm³/mol. The zero-order valence-corrected chi connectivity index (χ0v) is 16.0. The van der Waals surface area contributed by atoms with E-state index in [2.05, 4.69) is 25.8 Å². The first-order valence-corrected chi connectivity index (χ1v) is 9.42. The summed E-state index contributed by atoms with van der Waals surface area (Å²) in [4.78, 5) is 14.0. The molecular weight excluding hydrogens is 392 g/mol. The predicted octanol–water partition coefficient (Wildman–Crippen LogP) is 3.52. The van der Waals surface area contributed by atoms with Crippen LogP contribution in [0.5, 0.6) is 0 Å². The van der Waals surface area contributed by atoms with E-state index in [0.29, 0.717) is 28.2 Å². The van der Waals surface area contributed by atoms with Crippen molar-refractivity contribution in [3.05, 3.63) is 59.9 Å². The third-order valence-electron chi connectivity index (χ3n) is 5.24. The molecule has 0 spiro atoms. The quantitative estimate of drug-likeness (QED) is 0.557. The Morgan fingerprint density at radius 2 is 2.07 bits per heavy atom. The molecule has 1 aromatic carbocycles. The highest BCUT2D eigenvalue weighted by atomic mass is 19.3. The molecule has 0 bridgehead atoms. The molecule has 152 valence electrons. The Balaban J connectivity index is 1.39. The summed E-state index contributed by atoms with van der Waals surface area (Å²) in [7, 11) is 0. The van der Waals surface area contributed by atoms with Crippen LogP contribution in [0.15, 0.2) is 48.8 Å². The molecule has 0 saturated heterocycles. The van der Waals surface area contributed by atoms with Gasteiger partial charge in [-0.2, -0.15) is 9.90 Å². The first kappa shape index (κ1) is 18.3. The summed E-state index contributed by atoms with van der Waals surface area (Å²) in [6.45, 7) is 1.87. The van der Waals surface area contributed by atoms with Gasteiger partial charge in [0.1, 0.15) is 0 Å². The molecule has 3 heterocycles. The topological polar surface area (TPSA) is 90.0 Å². The Hall–Kier alpha value is -3.69. The Morgan fingerprint density at radius 3 is 2.87 bits per heavy atom. The molecule has 0 atom stereocenters. The summed E-state index contributed by atoms with van der Waals surface area (Å²) in [5.41, 5.74) is 3.24. The third-order valence-corrected chi connectivity index (χ3v) is 5.24. The molecule has 1 aliphatic rings. The van der Waals surface area contributed by atoms with Crippen molar-refractivity contribution in [1.29, 1.82) is 0 Å². The molecular formula is C20H17F2N7O. The van der Waals surface area contributed by atoms with Crippen molar-refractivity contribution in [2.75, 3.05) is 5.32 Å². The van der Waals surface area contributed by atoms with Crippen LogP contribution >= 0.6 is 0 Å². The fourth-order valence-electron chi connectivity index (χ4n) is 3.48. The van der Waals surface area contributed by atoms with Crippen LogP contribution in [0.25, 0.3) is 16.9 Å². The van der Waals surface area contributed by atoms with Crippen molar-refractivity contribution in [3.63, 3.8) is 0 Å². The normalized spacial score (nSPS) is 15.8. The van der Waals surface area contributed by atoms with Crippen LogP contribution in [0.2, 0.25) is 0 Å². The summed E-state index contributed by atoms with van der Waals surface area (Å²) in [6, 6.07) is 10.4. The van der Waals surface area contributed by atoms with Gasteiger partial charge in [0.05, 0.1) is 23.3 Å². The molecule has 1 amide bonds. The van der Waals surface area contributed by atoms with Gasteiger partial charge in [-0.15, -0.1) is 10.2 Å². The Labute approximate surface area is 169 Å². The van der Waals surface area contributed by atoms with Crippen molar-refractivity contribution < 1.29 is 13.6 Å². The van der Waals surface area contributed by atoms with Crippen LogP contribution in [0.1, 0.15) is 34.8 Å². The van der Waals surface area contributed by atoms with E-state index in [1.807, 2.05) is 31.2 Å². The molecule has 30 heavy (non-hydrogen) atoms. The number of nitrogens with one attached hydrogen (secondary N) is 1. The number of aryl methyl sites for hydroxylation is 1. The largest absolute Gasteiger partial charge is 0.322 e. The summed E-state index contributed by atoms with van der Waals surface area (Å²) in [5.74, 6) is -2.63. The van der Waals surface area contributed by atoms with Crippen molar-refractivity contribution in [1.82, 2.24) is 29.8 Å². The van der Waals surface area contributed by atoms with Gasteiger partial charge in [0, 0.05) is 30.3 Å². The first-order chi connectivity index (χ1) is 14.4. The summed E-state index contributed by atoms with van der Waals surface area (Å²) in [6.07, 6.45) is 2.73. The van der Waals surface area contributed by atoms with Crippen LogP contribution in [0.3, 0.4) is 0 Å². The second-order valence-electron chi connectivity index (χ2n) is 7.42. The standard InChI is InChI=1S/C20H17F2N7O/c1-12-5-6-13(18-25-27-29(26-18)14-9-20(21,22)10-14)8-16(12)24-19(30)15-11-23-28-7-3-2-4-17(15)28/h2-8,11,14H,9-10H2,1H3,(H,24,30). The lowest BCUT2D eigenvalue weighted by Crippen LogP contribution is -2.38. The highest BCUT2D eigenvalue weighted by Gasteiger charge is 2.47. The number of hydrogen-bond acceptors (Lipinski definition) is 5. The molecule has 10 heteroatoms. The number of aromatic nitrogens is 6. The highest BCUT2D eigenvalue weighted by Crippen LogP contribution is 2.44. The SMILES string of the molecule is Cc1ccc(-c2nnn(C3CC(F)(F)C3)n2)cc1NC(=O)c1cnn2ccccc12. The fourth-order valence-corrected chi connectivity index (χ4v) is 3.48. The van der Waals surface area contributed by atoms with Gasteiger partial charge in [0.25, 0.3) is 11.8 Å². The minimum Gasteiger partial charge on any atom is -0.322 e. The Bertz CT molecular complexity index is 1260. The van der Waals surface area contributed by atoms with Gasteiger partial charge in [-0.1, -0.05) is 18.2 Å². The van der Waals surface area contributed by atoms with Crippen LogP contribution in [-0.2, 0) is 0 Å². The first-order valence-electron chi connectivity index (χ1n) is 9.42. The number of fused-ring (bicyclic) bond motifs is 1. The van der Waals surface area contributed by atoms with Crippen LogP contribution in [-0.4, -0.2) is 41.7 Å². The van der Waals surface area contributed by atoms with Gasteiger partial charge in [-0.25, -0.2) is 13.3 Å². The zero-order valence-electron chi connectivity index (χ0n) is 16.0. The molecule has 0 aliphatic heterocycles. The minimum atomic E-state index is -2.65. The van der Waals surface area contributed by atoms with Crippen molar-refractivity contribution in [2.45, 2.75) is 31.7 Å². The molecule has 0 radical (unpaired) electrons. The maximum absolute atomic E-state index is 13.1. The van der Waals surface area contributed by atoms with Crippen LogP contribution < -0.4 is 5.32 Å². The zero-order chi connectivity index (χ0) is 20.9. The van der Waals surface area contributed by atoms with Crippen molar-refractivity contribution in [2.24, 2.45) is 0 Å². The second-order valence-corrected chi connectivity index (χ2v) is 7.42. The van der Waals surface area contributed by atoms with E-state index >= 15 is 0 Å². The molecule has 4 aromatic rings. The molecule has 0 unspecified atom stereocenters. The number of alkyl halides is 2. The molecule has 5 rings (SSSR count). The number of carbonyl (C=O) groups is 1. The molecule has 1 saturated carbocycles. The molecule has 1 N–H and O–H groups in total. The number of nitrogens with zero attached hydrogens (tertiary/aromatic N) is 6. The van der Waals surface area contributed by atoms with Gasteiger partial charge in [-0.3, -0.25) is 4.79 Å². The smallest absolute Gasteiger partial charge is 0.259 e. The van der Waals surface area contributed by atoms with E-state index in [4.69, 9.17) is 0 Å². The lowest BCUT2D eigenvalue weighted by atomic mass is 9.89. The van der Waals surface area contributed by atoms with Gasteiger partial charge < -0.3 is 5.32 Å². The fraction of sp³-hybridized carbons (Fsp3) is 0.250. The van der Waals surface area contributed by atoms with E-state index in [9.17, 15) is 13.6 Å². The average Bonchev–Trinajstić information content (AvgIpc) is 3.35. The van der Waals surface area contributed by atoms with E-state index in [1.165, 1.54) is 11.0 Å². The summed E-state index contributed by atoms with van der Waals surface area (Å²) in [5, 5.41) is 19.2. The number of anilines is 1. The van der Waals surface area contributed by atoms with Crippen molar-refractivity contribution >= 4 is 17.1 Å². The van der Waals surface area contributed by atoms with E-state index in [-0.39, 0.29) is 18.7 Å². The molecule has 8 nitrogen and oxygen atoms in total. The number of tetrazole rings is 1. The van der Waals surface area contributed by atoms with Crippen LogP contribution in [0, 0.1) is 6.92 Å². The van der Waals surface area contributed by atoms with E-state index in [0.717, 1.165) is 5.56 Å². The maximum atomic E-state index is 13.1. The number of pyridine rings is 1. The number of carbonyl (C=O) groups excluding carboxylic acids is 1. The number of rotatable bonds is 4. The van der Waals surface area contributed by atoms with Gasteiger partial charge >= 0.3 is 0 Å². The lowest BCUT2D eigenvalue weighted by Gasteiger charge is -2.33. The Morgan fingerprint density at radius 1 is 1.23 bits per heavy atom. The average molecular weight is 409 g/mol. The number of hydrogen-bond donors (Lipinski definition) is 1. The van der Waals surface area contributed by atoms with E-state index in [1.54, 1.807) is 22.8 Å². The number of halogens is 2. The lowest BCUT2D eigenvalue weighted by molar-refractivity contribution is -0.110. The minimum absolute atomic E-state index is 0.280. The highest BCUT2D eigenvalue weighted by molar-refractivity contribution is 6.09. The van der Waals surface area contributed by atoms with Gasteiger partial charge in [0.15, 0.2) is 0 Å². The van der Waals surface area contributed by atoms with Gasteiger partial charge in [0.2, 0.25) is 5.82 Å². The van der Waals surface area contributed by atoms with E-state index < -0.39 is 12.0 Å². The maximum Gasteiger partial charge on any atom is 0.259 e. The molecule has 1 aliphatic carbocycles. The summed E-state index contributed by atoms with van der Waals surface area (Å²) < 4.78 is 27.8. The molecule has 1 fully saturated rings. The van der Waals surface area contributed by atoms with Crippen molar-refractivity contribution in [3.8, 4) is 11.4 Å². The monoisotopic (exact) mass is 409 g/mol. The number of amides is 1. The third kappa shape index (κ3) is 3.19. The van der Waals surface area contributed by atoms with Gasteiger partial charge in [-0.05, 0) is 35.9 Å². The number of benzene rings is 1. The van der Waals surface area contributed by atoms with Crippen LogP contribution in [0.4, 0.5) is 14.5 Å².